The summed E-state index contributed by atoms with van der Waals surface area (Å²) in [5, 5.41) is 0. The van der Waals surface area contributed by atoms with E-state index in [4.69, 9.17) is 5.73 Å². The zero-order chi connectivity index (χ0) is 13.3. The molecule has 0 fully saturated rings. The average molecular weight is 247 g/mol. The Kier molecular flexibility index (Phi) is 3.18. The standard InChI is InChI=1S/C15H15F2N/c1-10-3-5-11(6-4-10)15(2,18)12-7-13(16)9-14(17)8-12/h3-9H,18H2,1-2H3. The van der Waals surface area contributed by atoms with Crippen LogP contribution in [0, 0.1) is 18.6 Å². The number of halogens is 2. The molecule has 94 valence electrons. The predicted molar refractivity (Wildman–Crippen MR) is 68.2 cm³/mol. The number of aryl methyl sites for hydroxylation is 1. The van der Waals surface area contributed by atoms with Gasteiger partial charge in [0.05, 0.1) is 5.54 Å². The Bertz CT molecular complexity index is 539. The maximum Gasteiger partial charge on any atom is 0.126 e. The lowest BCUT2D eigenvalue weighted by Crippen LogP contribution is -2.34. The third-order valence-corrected chi connectivity index (χ3v) is 3.11. The molecule has 18 heavy (non-hydrogen) atoms. The summed E-state index contributed by atoms with van der Waals surface area (Å²) in [7, 11) is 0. The van der Waals surface area contributed by atoms with Gasteiger partial charge in [0.25, 0.3) is 0 Å². The second-order valence-electron chi connectivity index (χ2n) is 4.73. The highest BCUT2D eigenvalue weighted by molar-refractivity contribution is 5.38. The summed E-state index contributed by atoms with van der Waals surface area (Å²) in [6.07, 6.45) is 0. The zero-order valence-corrected chi connectivity index (χ0v) is 10.4. The van der Waals surface area contributed by atoms with Gasteiger partial charge in [0.15, 0.2) is 0 Å². The molecule has 0 saturated heterocycles. The number of hydrogen-bond acceptors (Lipinski definition) is 1. The molecule has 0 aliphatic heterocycles. The molecule has 1 nitrogen and oxygen atoms in total. The lowest BCUT2D eigenvalue weighted by Gasteiger charge is -2.26. The molecule has 1 atom stereocenters. The summed E-state index contributed by atoms with van der Waals surface area (Å²) in [4.78, 5) is 0. The largest absolute Gasteiger partial charge is 0.318 e. The highest BCUT2D eigenvalue weighted by atomic mass is 19.1. The van der Waals surface area contributed by atoms with Crippen molar-refractivity contribution in [3.63, 3.8) is 0 Å². The molecule has 0 heterocycles. The van der Waals surface area contributed by atoms with Crippen molar-refractivity contribution in [1.82, 2.24) is 0 Å². The quantitative estimate of drug-likeness (QED) is 0.863. The first-order chi connectivity index (χ1) is 8.39. The van der Waals surface area contributed by atoms with E-state index in [0.717, 1.165) is 17.2 Å². The third kappa shape index (κ3) is 2.41. The third-order valence-electron chi connectivity index (χ3n) is 3.11. The molecular formula is C15H15F2N. The van der Waals surface area contributed by atoms with Gasteiger partial charge in [-0.1, -0.05) is 29.8 Å². The van der Waals surface area contributed by atoms with Crippen molar-refractivity contribution in [1.29, 1.82) is 0 Å². The molecule has 3 heteroatoms. The SMILES string of the molecule is Cc1ccc(C(C)(N)c2cc(F)cc(F)c2)cc1. The van der Waals surface area contributed by atoms with Gasteiger partial charge in [-0.15, -0.1) is 0 Å². The molecule has 1 unspecified atom stereocenters. The van der Waals surface area contributed by atoms with Crippen LogP contribution in [-0.4, -0.2) is 0 Å². The summed E-state index contributed by atoms with van der Waals surface area (Å²) >= 11 is 0. The molecule has 0 aliphatic carbocycles. The lowest BCUT2D eigenvalue weighted by molar-refractivity contribution is 0.550. The minimum Gasteiger partial charge on any atom is -0.318 e. The van der Waals surface area contributed by atoms with Gasteiger partial charge >= 0.3 is 0 Å². The van der Waals surface area contributed by atoms with Gasteiger partial charge in [-0.2, -0.15) is 0 Å². The van der Waals surface area contributed by atoms with E-state index in [1.54, 1.807) is 6.92 Å². The molecule has 0 bridgehead atoms. The Morgan fingerprint density at radius 3 is 1.89 bits per heavy atom. The summed E-state index contributed by atoms with van der Waals surface area (Å²) in [6.45, 7) is 3.71. The van der Waals surface area contributed by atoms with Crippen molar-refractivity contribution in [2.45, 2.75) is 19.4 Å². The second-order valence-corrected chi connectivity index (χ2v) is 4.73. The summed E-state index contributed by atoms with van der Waals surface area (Å²) < 4.78 is 26.5. The van der Waals surface area contributed by atoms with Gasteiger partial charge in [0.2, 0.25) is 0 Å². The summed E-state index contributed by atoms with van der Waals surface area (Å²) in [5.41, 5.74) is 7.64. The monoisotopic (exact) mass is 247 g/mol. The smallest absolute Gasteiger partial charge is 0.126 e. The van der Waals surface area contributed by atoms with Gasteiger partial charge < -0.3 is 5.73 Å². The fraction of sp³-hybridized carbons (Fsp3) is 0.200. The summed E-state index contributed by atoms with van der Waals surface area (Å²) in [5.74, 6) is -1.23. The maximum absolute atomic E-state index is 13.2. The topological polar surface area (TPSA) is 26.0 Å². The van der Waals surface area contributed by atoms with E-state index in [0.29, 0.717) is 5.56 Å². The molecule has 2 aromatic rings. The Labute approximate surface area is 105 Å². The van der Waals surface area contributed by atoms with Crippen LogP contribution in [0.1, 0.15) is 23.6 Å². The predicted octanol–water partition coefficient (Wildman–Crippen LogP) is 3.50. The first-order valence-corrected chi connectivity index (χ1v) is 5.72. The van der Waals surface area contributed by atoms with Crippen molar-refractivity contribution >= 4 is 0 Å². The number of nitrogens with two attached hydrogens (primary N) is 1. The Morgan fingerprint density at radius 1 is 0.889 bits per heavy atom. The molecule has 0 radical (unpaired) electrons. The Balaban J connectivity index is 2.49. The van der Waals surface area contributed by atoms with Crippen molar-refractivity contribution in [3.8, 4) is 0 Å². The molecule has 0 saturated carbocycles. The summed E-state index contributed by atoms with van der Waals surface area (Å²) in [6, 6.07) is 11.0. The van der Waals surface area contributed by atoms with E-state index in [2.05, 4.69) is 0 Å². The van der Waals surface area contributed by atoms with Crippen LogP contribution in [0.15, 0.2) is 42.5 Å². The maximum atomic E-state index is 13.2. The molecule has 2 N–H and O–H groups in total. The second kappa shape index (κ2) is 4.50. The minimum absolute atomic E-state index is 0.420. The average Bonchev–Trinajstić information content (AvgIpc) is 2.28. The highest BCUT2D eigenvalue weighted by Gasteiger charge is 2.24. The van der Waals surface area contributed by atoms with Gasteiger partial charge in [0.1, 0.15) is 11.6 Å². The fourth-order valence-electron chi connectivity index (χ4n) is 1.92. The lowest BCUT2D eigenvalue weighted by atomic mass is 9.85. The first kappa shape index (κ1) is 12.7. The van der Waals surface area contributed by atoms with Crippen LogP contribution in [0.5, 0.6) is 0 Å². The Hall–Kier alpha value is -1.74. The van der Waals surface area contributed by atoms with Gasteiger partial charge in [0, 0.05) is 6.07 Å². The van der Waals surface area contributed by atoms with Crippen molar-refractivity contribution < 1.29 is 8.78 Å². The van der Waals surface area contributed by atoms with Crippen LogP contribution in [0.2, 0.25) is 0 Å². The van der Waals surface area contributed by atoms with Gasteiger partial charge in [-0.3, -0.25) is 0 Å². The van der Waals surface area contributed by atoms with Crippen LogP contribution in [0.3, 0.4) is 0 Å². The number of hydrogen-bond donors (Lipinski definition) is 1. The minimum atomic E-state index is -0.920. The van der Waals surface area contributed by atoms with Gasteiger partial charge in [-0.05, 0) is 37.1 Å². The van der Waals surface area contributed by atoms with Crippen LogP contribution in [0.25, 0.3) is 0 Å². The van der Waals surface area contributed by atoms with Crippen LogP contribution in [0.4, 0.5) is 8.78 Å². The molecule has 0 spiro atoms. The van der Waals surface area contributed by atoms with Crippen LogP contribution < -0.4 is 5.73 Å². The van der Waals surface area contributed by atoms with Crippen molar-refractivity contribution in [3.05, 3.63) is 70.8 Å². The van der Waals surface area contributed by atoms with Crippen LogP contribution >= 0.6 is 0 Å². The number of benzene rings is 2. The van der Waals surface area contributed by atoms with Crippen molar-refractivity contribution in [2.75, 3.05) is 0 Å². The number of rotatable bonds is 2. The highest BCUT2D eigenvalue weighted by Crippen LogP contribution is 2.27. The molecule has 2 aromatic carbocycles. The van der Waals surface area contributed by atoms with E-state index >= 15 is 0 Å². The van der Waals surface area contributed by atoms with E-state index in [1.807, 2.05) is 31.2 Å². The first-order valence-electron chi connectivity index (χ1n) is 5.72. The van der Waals surface area contributed by atoms with E-state index in [9.17, 15) is 8.78 Å². The molecule has 0 aromatic heterocycles. The Morgan fingerprint density at radius 2 is 1.39 bits per heavy atom. The van der Waals surface area contributed by atoms with Gasteiger partial charge in [-0.25, -0.2) is 8.78 Å². The molecular weight excluding hydrogens is 232 g/mol. The zero-order valence-electron chi connectivity index (χ0n) is 10.4. The fourth-order valence-corrected chi connectivity index (χ4v) is 1.92. The van der Waals surface area contributed by atoms with E-state index in [1.165, 1.54) is 12.1 Å². The normalized spacial score (nSPS) is 14.3. The van der Waals surface area contributed by atoms with Crippen molar-refractivity contribution in [2.24, 2.45) is 5.73 Å². The van der Waals surface area contributed by atoms with E-state index in [-0.39, 0.29) is 0 Å². The molecule has 0 amide bonds. The van der Waals surface area contributed by atoms with E-state index < -0.39 is 17.2 Å². The molecule has 0 aliphatic rings. The van der Waals surface area contributed by atoms with Crippen LogP contribution in [-0.2, 0) is 5.54 Å². The molecule has 2 rings (SSSR count).